The van der Waals surface area contributed by atoms with Crippen LogP contribution < -0.4 is 5.32 Å². The summed E-state index contributed by atoms with van der Waals surface area (Å²) in [4.78, 5) is 31.4. The van der Waals surface area contributed by atoms with Crippen LogP contribution in [0.4, 0.5) is 0 Å². The molecule has 0 spiro atoms. The van der Waals surface area contributed by atoms with Crippen LogP contribution in [0.5, 0.6) is 0 Å². The first-order chi connectivity index (χ1) is 8.92. The van der Waals surface area contributed by atoms with E-state index < -0.39 is 17.4 Å². The minimum Gasteiger partial charge on any atom is -0.467 e. The van der Waals surface area contributed by atoms with Gasteiger partial charge in [0.05, 0.1) is 19.5 Å². The van der Waals surface area contributed by atoms with Crippen molar-refractivity contribution in [3.05, 3.63) is 23.2 Å². The van der Waals surface area contributed by atoms with Crippen LogP contribution in [0.1, 0.15) is 37.2 Å². The molecule has 1 aromatic rings. The molecule has 0 aliphatic heterocycles. The Bertz CT molecular complexity index is 481. The second kappa shape index (κ2) is 6.47. The molecule has 0 aliphatic rings. The Morgan fingerprint density at radius 3 is 2.68 bits per heavy atom. The van der Waals surface area contributed by atoms with E-state index in [2.05, 4.69) is 15.3 Å². The van der Waals surface area contributed by atoms with Crippen molar-refractivity contribution in [3.8, 4) is 0 Å². The predicted molar refractivity (Wildman–Crippen MR) is 69.8 cm³/mol. The van der Waals surface area contributed by atoms with Crippen LogP contribution >= 0.6 is 11.6 Å². The molecule has 0 saturated heterocycles. The third kappa shape index (κ3) is 3.89. The summed E-state index contributed by atoms with van der Waals surface area (Å²) in [7, 11) is 1.28. The zero-order valence-corrected chi connectivity index (χ0v) is 11.8. The fourth-order valence-corrected chi connectivity index (χ4v) is 1.85. The number of hydrogen-bond donors (Lipinski definition) is 1. The molecule has 1 N–H and O–H groups in total. The van der Waals surface area contributed by atoms with Gasteiger partial charge in [-0.15, -0.1) is 0 Å². The van der Waals surface area contributed by atoms with E-state index in [0.29, 0.717) is 12.8 Å². The minimum atomic E-state index is -1.09. The van der Waals surface area contributed by atoms with Crippen molar-refractivity contribution in [3.63, 3.8) is 0 Å². The number of hydrogen-bond acceptors (Lipinski definition) is 5. The summed E-state index contributed by atoms with van der Waals surface area (Å²) in [6.45, 7) is 3.52. The van der Waals surface area contributed by atoms with E-state index >= 15 is 0 Å². The molecule has 0 radical (unpaired) electrons. The largest absolute Gasteiger partial charge is 0.467 e. The van der Waals surface area contributed by atoms with Crippen molar-refractivity contribution in [2.45, 2.75) is 32.2 Å². The van der Waals surface area contributed by atoms with Gasteiger partial charge in [-0.25, -0.2) is 9.78 Å². The highest BCUT2D eigenvalue weighted by Crippen LogP contribution is 2.15. The summed E-state index contributed by atoms with van der Waals surface area (Å²) in [5.74, 6) is -1.02. The highest BCUT2D eigenvalue weighted by atomic mass is 35.5. The number of amides is 1. The van der Waals surface area contributed by atoms with Gasteiger partial charge in [0.15, 0.2) is 0 Å². The van der Waals surface area contributed by atoms with E-state index in [0.717, 1.165) is 0 Å². The number of esters is 1. The molecule has 0 aromatic carbocycles. The van der Waals surface area contributed by atoms with Crippen molar-refractivity contribution in [2.75, 3.05) is 7.11 Å². The van der Waals surface area contributed by atoms with Gasteiger partial charge in [0.25, 0.3) is 5.91 Å². The molecule has 7 heteroatoms. The van der Waals surface area contributed by atoms with Crippen LogP contribution in [0.3, 0.4) is 0 Å². The number of carbonyl (C=O) groups is 2. The number of rotatable bonds is 5. The predicted octanol–water partition coefficient (Wildman–Crippen LogP) is 1.59. The smallest absolute Gasteiger partial charge is 0.331 e. The normalized spacial score (nSPS) is 13.5. The van der Waals surface area contributed by atoms with Gasteiger partial charge in [-0.3, -0.25) is 9.78 Å². The minimum absolute atomic E-state index is 0.0544. The SMILES string of the molecule is CCCC(C)(NC(=O)c1cncc(Cl)n1)C(=O)OC. The maximum absolute atomic E-state index is 12.0. The number of methoxy groups -OCH3 is 1. The molecule has 1 heterocycles. The maximum atomic E-state index is 12.0. The average molecular weight is 286 g/mol. The first kappa shape index (κ1) is 15.4. The van der Waals surface area contributed by atoms with Gasteiger partial charge in [-0.05, 0) is 13.3 Å². The van der Waals surface area contributed by atoms with Crippen molar-refractivity contribution < 1.29 is 14.3 Å². The Balaban J connectivity index is 2.91. The fraction of sp³-hybridized carbons (Fsp3) is 0.500. The van der Waals surface area contributed by atoms with Gasteiger partial charge in [-0.2, -0.15) is 0 Å². The zero-order chi connectivity index (χ0) is 14.5. The molecule has 6 nitrogen and oxygen atoms in total. The maximum Gasteiger partial charge on any atom is 0.331 e. The highest BCUT2D eigenvalue weighted by Gasteiger charge is 2.35. The lowest BCUT2D eigenvalue weighted by molar-refractivity contribution is -0.147. The molecule has 19 heavy (non-hydrogen) atoms. The van der Waals surface area contributed by atoms with Crippen LogP contribution in [0, 0.1) is 0 Å². The van der Waals surface area contributed by atoms with E-state index in [9.17, 15) is 9.59 Å². The summed E-state index contributed by atoms with van der Waals surface area (Å²) < 4.78 is 4.71. The molecular weight excluding hydrogens is 270 g/mol. The summed E-state index contributed by atoms with van der Waals surface area (Å²) >= 11 is 5.67. The molecular formula is C12H16ClN3O3. The molecule has 1 aromatic heterocycles. The first-order valence-electron chi connectivity index (χ1n) is 5.81. The van der Waals surface area contributed by atoms with Crippen LogP contribution in [-0.2, 0) is 9.53 Å². The van der Waals surface area contributed by atoms with Crippen LogP contribution in [-0.4, -0.2) is 34.5 Å². The van der Waals surface area contributed by atoms with Crippen LogP contribution in [0.25, 0.3) is 0 Å². The van der Waals surface area contributed by atoms with Gasteiger partial charge in [-0.1, -0.05) is 24.9 Å². The van der Waals surface area contributed by atoms with E-state index in [4.69, 9.17) is 16.3 Å². The summed E-state index contributed by atoms with van der Waals surface area (Å²) in [6.07, 6.45) is 3.78. The third-order valence-electron chi connectivity index (χ3n) is 2.61. The quantitative estimate of drug-likeness (QED) is 0.831. The second-order valence-electron chi connectivity index (χ2n) is 4.25. The molecule has 0 fully saturated rings. The lowest BCUT2D eigenvalue weighted by atomic mass is 9.96. The summed E-state index contributed by atoms with van der Waals surface area (Å²) in [5.41, 5.74) is -1.04. The molecule has 1 rings (SSSR count). The summed E-state index contributed by atoms with van der Waals surface area (Å²) in [6, 6.07) is 0. The number of nitrogens with zero attached hydrogens (tertiary/aromatic N) is 2. The monoisotopic (exact) mass is 285 g/mol. The number of nitrogens with one attached hydrogen (secondary N) is 1. The average Bonchev–Trinajstić information content (AvgIpc) is 2.37. The Kier molecular flexibility index (Phi) is 5.23. The first-order valence-corrected chi connectivity index (χ1v) is 6.19. The van der Waals surface area contributed by atoms with Gasteiger partial charge in [0.2, 0.25) is 0 Å². The Hall–Kier alpha value is -1.69. The third-order valence-corrected chi connectivity index (χ3v) is 2.80. The van der Waals surface area contributed by atoms with Crippen molar-refractivity contribution in [1.29, 1.82) is 0 Å². The van der Waals surface area contributed by atoms with E-state index in [1.165, 1.54) is 19.5 Å². The molecule has 0 saturated carbocycles. The molecule has 0 aliphatic carbocycles. The van der Waals surface area contributed by atoms with Crippen molar-refractivity contribution in [1.82, 2.24) is 15.3 Å². The van der Waals surface area contributed by atoms with Crippen LogP contribution in [0.2, 0.25) is 5.15 Å². The van der Waals surface area contributed by atoms with E-state index in [1.807, 2.05) is 6.92 Å². The van der Waals surface area contributed by atoms with Gasteiger partial charge < -0.3 is 10.1 Å². The second-order valence-corrected chi connectivity index (χ2v) is 4.64. The number of ether oxygens (including phenoxy) is 1. The number of halogens is 1. The topological polar surface area (TPSA) is 81.2 Å². The highest BCUT2D eigenvalue weighted by molar-refractivity contribution is 6.29. The number of carbonyl (C=O) groups excluding carboxylic acids is 2. The van der Waals surface area contributed by atoms with Crippen LogP contribution in [0.15, 0.2) is 12.4 Å². The van der Waals surface area contributed by atoms with Gasteiger partial charge in [0, 0.05) is 0 Å². The molecule has 0 bridgehead atoms. The zero-order valence-electron chi connectivity index (χ0n) is 11.1. The lowest BCUT2D eigenvalue weighted by Gasteiger charge is -2.27. The van der Waals surface area contributed by atoms with Gasteiger partial charge in [0.1, 0.15) is 16.4 Å². The number of aromatic nitrogens is 2. The molecule has 104 valence electrons. The Morgan fingerprint density at radius 2 is 2.16 bits per heavy atom. The molecule has 1 amide bonds. The summed E-state index contributed by atoms with van der Waals surface area (Å²) in [5, 5.41) is 2.73. The standard InChI is InChI=1S/C12H16ClN3O3/c1-4-5-12(2,11(18)19-3)16-10(17)8-6-14-7-9(13)15-8/h6-7H,4-5H2,1-3H3,(H,16,17). The van der Waals surface area contributed by atoms with Gasteiger partial charge >= 0.3 is 5.97 Å². The Morgan fingerprint density at radius 1 is 1.47 bits per heavy atom. The molecule has 1 atom stereocenters. The molecule has 1 unspecified atom stereocenters. The Labute approximate surface area is 116 Å². The van der Waals surface area contributed by atoms with E-state index in [-0.39, 0.29) is 10.8 Å². The lowest BCUT2D eigenvalue weighted by Crippen LogP contribution is -2.52. The van der Waals surface area contributed by atoms with E-state index in [1.54, 1.807) is 6.92 Å². The fourth-order valence-electron chi connectivity index (χ4n) is 1.71. The van der Waals surface area contributed by atoms with Crippen molar-refractivity contribution >= 4 is 23.5 Å². The van der Waals surface area contributed by atoms with Crippen molar-refractivity contribution in [2.24, 2.45) is 0 Å².